The molecule has 1 aliphatic rings. The molecule has 122 valence electrons. The highest BCUT2D eigenvalue weighted by Gasteiger charge is 2.15. The molecule has 0 spiro atoms. The molecule has 7 heteroatoms. The summed E-state index contributed by atoms with van der Waals surface area (Å²) in [6, 6.07) is 5.62. The number of amides is 1. The number of nitrogens with zero attached hydrogens (tertiary/aromatic N) is 5. The summed E-state index contributed by atoms with van der Waals surface area (Å²) in [7, 11) is 0. The minimum Gasteiger partial charge on any atom is -0.355 e. The van der Waals surface area contributed by atoms with Gasteiger partial charge >= 0.3 is 0 Å². The van der Waals surface area contributed by atoms with E-state index in [0.717, 1.165) is 30.3 Å². The topological polar surface area (TPSA) is 75.9 Å². The number of aromatic nitrogens is 4. The predicted molar refractivity (Wildman–Crippen MR) is 87.5 cm³/mol. The van der Waals surface area contributed by atoms with E-state index in [-0.39, 0.29) is 5.91 Å². The molecule has 0 bridgehead atoms. The highest BCUT2D eigenvalue weighted by atomic mass is 16.1. The lowest BCUT2D eigenvalue weighted by atomic mass is 10.3. The van der Waals surface area contributed by atoms with Gasteiger partial charge in [0.1, 0.15) is 0 Å². The number of nitrogens with one attached hydrogen (secondary N) is 1. The van der Waals surface area contributed by atoms with Gasteiger partial charge in [-0.05, 0) is 44.9 Å². The molecule has 0 saturated carbocycles. The van der Waals surface area contributed by atoms with Crippen molar-refractivity contribution in [1.82, 2.24) is 25.3 Å². The highest BCUT2D eigenvalue weighted by Crippen LogP contribution is 2.16. The number of carbonyl (C=O) groups excluding carboxylic acids is 1. The lowest BCUT2D eigenvalue weighted by Gasteiger charge is -2.15. The van der Waals surface area contributed by atoms with Crippen molar-refractivity contribution in [2.24, 2.45) is 0 Å². The summed E-state index contributed by atoms with van der Waals surface area (Å²) in [5, 5.41) is 15.4. The second kappa shape index (κ2) is 6.76. The Bertz CT molecular complexity index is 672. The van der Waals surface area contributed by atoms with E-state index < -0.39 is 0 Å². The molecule has 0 atom stereocenters. The number of rotatable bonds is 5. The van der Waals surface area contributed by atoms with Gasteiger partial charge in [0, 0.05) is 25.3 Å². The molecule has 0 aromatic carbocycles. The van der Waals surface area contributed by atoms with Crippen LogP contribution in [0.4, 0.5) is 5.82 Å². The van der Waals surface area contributed by atoms with Crippen LogP contribution in [0.5, 0.6) is 0 Å². The Morgan fingerprint density at radius 2 is 2.00 bits per heavy atom. The SMILES string of the molecule is Cc1cc(C)n(CCNC(=O)c2ccc(N3CCCC3)nn2)n1. The standard InChI is InChI=1S/C16H22N6O/c1-12-11-13(2)22(20-12)10-7-17-16(23)14-5-6-15(19-18-14)21-8-3-4-9-21/h5-6,11H,3-4,7-10H2,1-2H3,(H,17,23). The summed E-state index contributed by atoms with van der Waals surface area (Å²) >= 11 is 0. The van der Waals surface area contributed by atoms with Gasteiger partial charge in [0.25, 0.3) is 5.91 Å². The van der Waals surface area contributed by atoms with E-state index in [1.807, 2.05) is 30.7 Å². The average Bonchev–Trinajstić information content (AvgIpc) is 3.18. The van der Waals surface area contributed by atoms with Crippen LogP contribution in [0.2, 0.25) is 0 Å². The van der Waals surface area contributed by atoms with Gasteiger partial charge in [-0.2, -0.15) is 5.10 Å². The summed E-state index contributed by atoms with van der Waals surface area (Å²) in [5.74, 6) is 0.647. The lowest BCUT2D eigenvalue weighted by molar-refractivity contribution is 0.0946. The smallest absolute Gasteiger partial charge is 0.271 e. The molecule has 0 aliphatic carbocycles. The first kappa shape index (κ1) is 15.5. The zero-order valence-corrected chi connectivity index (χ0v) is 13.6. The Morgan fingerprint density at radius 3 is 2.61 bits per heavy atom. The molecule has 1 saturated heterocycles. The van der Waals surface area contributed by atoms with Gasteiger partial charge < -0.3 is 10.2 Å². The second-order valence-electron chi connectivity index (χ2n) is 5.88. The second-order valence-corrected chi connectivity index (χ2v) is 5.88. The Kier molecular flexibility index (Phi) is 4.55. The molecule has 3 heterocycles. The number of anilines is 1. The fraction of sp³-hybridized carbons (Fsp3) is 0.500. The summed E-state index contributed by atoms with van der Waals surface area (Å²) in [6.45, 7) is 7.15. The van der Waals surface area contributed by atoms with Crippen LogP contribution in [-0.2, 0) is 6.54 Å². The lowest BCUT2D eigenvalue weighted by Crippen LogP contribution is -2.29. The summed E-state index contributed by atoms with van der Waals surface area (Å²) in [6.07, 6.45) is 2.38. The van der Waals surface area contributed by atoms with Crippen LogP contribution in [0.15, 0.2) is 18.2 Å². The third kappa shape index (κ3) is 3.67. The van der Waals surface area contributed by atoms with E-state index >= 15 is 0 Å². The van der Waals surface area contributed by atoms with E-state index in [1.165, 1.54) is 12.8 Å². The molecule has 23 heavy (non-hydrogen) atoms. The maximum absolute atomic E-state index is 12.1. The minimum atomic E-state index is -0.202. The normalized spacial score (nSPS) is 14.3. The minimum absolute atomic E-state index is 0.202. The molecule has 1 fully saturated rings. The van der Waals surface area contributed by atoms with E-state index in [2.05, 4.69) is 25.5 Å². The maximum Gasteiger partial charge on any atom is 0.271 e. The van der Waals surface area contributed by atoms with E-state index in [0.29, 0.717) is 18.8 Å². The molecule has 2 aromatic heterocycles. The van der Waals surface area contributed by atoms with E-state index in [1.54, 1.807) is 6.07 Å². The number of hydrogen-bond acceptors (Lipinski definition) is 5. The van der Waals surface area contributed by atoms with Gasteiger partial charge in [-0.3, -0.25) is 9.48 Å². The molecular weight excluding hydrogens is 292 g/mol. The van der Waals surface area contributed by atoms with Gasteiger partial charge in [0.05, 0.1) is 12.2 Å². The average molecular weight is 314 g/mol. The molecule has 7 nitrogen and oxygen atoms in total. The van der Waals surface area contributed by atoms with Gasteiger partial charge in [0.2, 0.25) is 0 Å². The van der Waals surface area contributed by atoms with Gasteiger partial charge in [0.15, 0.2) is 11.5 Å². The Morgan fingerprint density at radius 1 is 1.22 bits per heavy atom. The number of aryl methyl sites for hydroxylation is 2. The van der Waals surface area contributed by atoms with Crippen LogP contribution in [0.3, 0.4) is 0 Å². The van der Waals surface area contributed by atoms with Gasteiger partial charge in [-0.25, -0.2) is 0 Å². The third-order valence-corrected chi connectivity index (χ3v) is 4.03. The molecule has 3 rings (SSSR count). The molecule has 2 aromatic rings. The first-order chi connectivity index (χ1) is 11.1. The fourth-order valence-corrected chi connectivity index (χ4v) is 2.83. The summed E-state index contributed by atoms with van der Waals surface area (Å²) in [5.41, 5.74) is 2.42. The third-order valence-electron chi connectivity index (χ3n) is 4.03. The van der Waals surface area contributed by atoms with Crippen molar-refractivity contribution in [2.45, 2.75) is 33.2 Å². The van der Waals surface area contributed by atoms with Crippen LogP contribution >= 0.6 is 0 Å². The Labute approximate surface area is 135 Å². The fourth-order valence-electron chi connectivity index (χ4n) is 2.83. The first-order valence-corrected chi connectivity index (χ1v) is 8.01. The molecule has 0 radical (unpaired) electrons. The monoisotopic (exact) mass is 314 g/mol. The molecular formula is C16H22N6O. The zero-order chi connectivity index (χ0) is 16.2. The number of carbonyl (C=O) groups is 1. The van der Waals surface area contributed by atoms with Crippen molar-refractivity contribution in [3.05, 3.63) is 35.3 Å². The number of hydrogen-bond donors (Lipinski definition) is 1. The predicted octanol–water partition coefficient (Wildman–Crippen LogP) is 1.32. The van der Waals surface area contributed by atoms with Gasteiger partial charge in [-0.15, -0.1) is 10.2 Å². The van der Waals surface area contributed by atoms with E-state index in [4.69, 9.17) is 0 Å². The van der Waals surface area contributed by atoms with Crippen molar-refractivity contribution >= 4 is 11.7 Å². The first-order valence-electron chi connectivity index (χ1n) is 8.01. The van der Waals surface area contributed by atoms with Crippen LogP contribution < -0.4 is 10.2 Å². The molecule has 1 aliphatic heterocycles. The van der Waals surface area contributed by atoms with Crippen LogP contribution in [0.25, 0.3) is 0 Å². The largest absolute Gasteiger partial charge is 0.355 e. The highest BCUT2D eigenvalue weighted by molar-refractivity contribution is 5.92. The Hall–Kier alpha value is -2.44. The van der Waals surface area contributed by atoms with Crippen molar-refractivity contribution in [3.8, 4) is 0 Å². The Balaban J connectivity index is 1.52. The van der Waals surface area contributed by atoms with E-state index in [9.17, 15) is 4.79 Å². The van der Waals surface area contributed by atoms with Crippen molar-refractivity contribution in [2.75, 3.05) is 24.5 Å². The van der Waals surface area contributed by atoms with Crippen LogP contribution in [0.1, 0.15) is 34.7 Å². The molecule has 1 amide bonds. The molecule has 1 N–H and O–H groups in total. The van der Waals surface area contributed by atoms with Gasteiger partial charge in [-0.1, -0.05) is 0 Å². The quantitative estimate of drug-likeness (QED) is 0.901. The zero-order valence-electron chi connectivity index (χ0n) is 13.6. The van der Waals surface area contributed by atoms with Crippen molar-refractivity contribution in [1.29, 1.82) is 0 Å². The van der Waals surface area contributed by atoms with Crippen LogP contribution in [0, 0.1) is 13.8 Å². The maximum atomic E-state index is 12.1. The van der Waals surface area contributed by atoms with Crippen molar-refractivity contribution in [3.63, 3.8) is 0 Å². The summed E-state index contributed by atoms with van der Waals surface area (Å²) in [4.78, 5) is 14.3. The molecule has 0 unspecified atom stereocenters. The van der Waals surface area contributed by atoms with Crippen LogP contribution in [-0.4, -0.2) is 45.5 Å². The van der Waals surface area contributed by atoms with Crippen molar-refractivity contribution < 1.29 is 4.79 Å². The summed E-state index contributed by atoms with van der Waals surface area (Å²) < 4.78 is 1.89.